The summed E-state index contributed by atoms with van der Waals surface area (Å²) in [5, 5.41) is 7.29. The maximum atomic E-state index is 13.2. The zero-order valence-corrected chi connectivity index (χ0v) is 12.1. The lowest BCUT2D eigenvalue weighted by atomic mass is 10.1. The Balaban J connectivity index is 1.89. The molecule has 22 heavy (non-hydrogen) atoms. The summed E-state index contributed by atoms with van der Waals surface area (Å²) >= 11 is 0. The topological polar surface area (TPSA) is 42.7 Å². The molecule has 0 saturated heterocycles. The van der Waals surface area contributed by atoms with Gasteiger partial charge in [-0.25, -0.2) is 13.5 Å². The van der Waals surface area contributed by atoms with E-state index >= 15 is 0 Å². The van der Waals surface area contributed by atoms with Crippen molar-refractivity contribution in [3.63, 3.8) is 0 Å². The molecular formula is C16H14F2N4. The lowest BCUT2D eigenvalue weighted by molar-refractivity contribution is 0.580. The zero-order chi connectivity index (χ0) is 15.7. The number of hydrogen-bond donors (Lipinski definition) is 1. The first kappa shape index (κ1) is 14.2. The monoisotopic (exact) mass is 300 g/mol. The average Bonchev–Trinajstić information content (AvgIpc) is 2.90. The van der Waals surface area contributed by atoms with Gasteiger partial charge < -0.3 is 5.32 Å². The molecule has 0 spiro atoms. The van der Waals surface area contributed by atoms with Gasteiger partial charge in [-0.1, -0.05) is 12.1 Å². The highest BCUT2D eigenvalue weighted by molar-refractivity contribution is 5.59. The predicted molar refractivity (Wildman–Crippen MR) is 80.5 cm³/mol. The van der Waals surface area contributed by atoms with Gasteiger partial charge in [0, 0.05) is 11.8 Å². The summed E-state index contributed by atoms with van der Waals surface area (Å²) in [6.07, 6.45) is 1.40. The molecule has 1 N–H and O–H groups in total. The second-order valence-electron chi connectivity index (χ2n) is 5.08. The van der Waals surface area contributed by atoms with Gasteiger partial charge in [0.2, 0.25) is 5.95 Å². The van der Waals surface area contributed by atoms with E-state index in [9.17, 15) is 8.78 Å². The Labute approximate surface area is 126 Å². The largest absolute Gasteiger partial charge is 0.323 e. The summed E-state index contributed by atoms with van der Waals surface area (Å²) in [6.45, 7) is 3.97. The normalized spacial score (nSPS) is 10.7. The fourth-order valence-corrected chi connectivity index (χ4v) is 2.11. The Bertz CT molecular complexity index is 807. The second kappa shape index (κ2) is 5.55. The number of benzene rings is 2. The van der Waals surface area contributed by atoms with Crippen LogP contribution in [0.5, 0.6) is 0 Å². The third-order valence-electron chi connectivity index (χ3n) is 3.24. The van der Waals surface area contributed by atoms with Crippen LogP contribution in [0, 0.1) is 25.5 Å². The average molecular weight is 300 g/mol. The van der Waals surface area contributed by atoms with E-state index in [1.807, 2.05) is 32.0 Å². The van der Waals surface area contributed by atoms with Crippen LogP contribution in [0.1, 0.15) is 11.1 Å². The van der Waals surface area contributed by atoms with Crippen molar-refractivity contribution in [1.82, 2.24) is 14.8 Å². The number of aryl methyl sites for hydroxylation is 2. The molecule has 0 saturated carbocycles. The Hall–Kier alpha value is -2.76. The number of nitrogens with one attached hydrogen (secondary N) is 1. The summed E-state index contributed by atoms with van der Waals surface area (Å²) < 4.78 is 27.8. The van der Waals surface area contributed by atoms with E-state index < -0.39 is 11.6 Å². The molecule has 4 nitrogen and oxygen atoms in total. The lowest BCUT2D eigenvalue weighted by Gasteiger charge is -2.07. The Morgan fingerprint density at radius 2 is 1.73 bits per heavy atom. The van der Waals surface area contributed by atoms with E-state index in [4.69, 9.17) is 0 Å². The van der Waals surface area contributed by atoms with Crippen molar-refractivity contribution in [2.24, 2.45) is 0 Å². The van der Waals surface area contributed by atoms with Crippen molar-refractivity contribution >= 4 is 11.6 Å². The van der Waals surface area contributed by atoms with Crippen LogP contribution in [0.15, 0.2) is 42.7 Å². The van der Waals surface area contributed by atoms with E-state index in [0.29, 0.717) is 5.95 Å². The molecular weight excluding hydrogens is 286 g/mol. The molecule has 0 bridgehead atoms. The maximum Gasteiger partial charge on any atom is 0.246 e. The van der Waals surface area contributed by atoms with Gasteiger partial charge in [0.05, 0.1) is 5.69 Å². The fraction of sp³-hybridized carbons (Fsp3) is 0.125. The number of anilines is 2. The van der Waals surface area contributed by atoms with Crippen molar-refractivity contribution in [3.05, 3.63) is 65.5 Å². The molecule has 0 aliphatic carbocycles. The fourth-order valence-electron chi connectivity index (χ4n) is 2.11. The molecule has 0 fully saturated rings. The predicted octanol–water partition coefficient (Wildman–Crippen LogP) is 3.91. The smallest absolute Gasteiger partial charge is 0.246 e. The van der Waals surface area contributed by atoms with Crippen molar-refractivity contribution in [1.29, 1.82) is 0 Å². The highest BCUT2D eigenvalue weighted by Crippen LogP contribution is 2.20. The minimum Gasteiger partial charge on any atom is -0.323 e. The maximum absolute atomic E-state index is 13.2. The summed E-state index contributed by atoms with van der Waals surface area (Å²) in [4.78, 5) is 4.11. The molecule has 1 heterocycles. The van der Waals surface area contributed by atoms with E-state index in [0.717, 1.165) is 22.9 Å². The Morgan fingerprint density at radius 1 is 1.00 bits per heavy atom. The molecule has 1 aromatic heterocycles. The molecule has 6 heteroatoms. The van der Waals surface area contributed by atoms with Crippen molar-refractivity contribution in [3.8, 4) is 5.69 Å². The highest BCUT2D eigenvalue weighted by Gasteiger charge is 2.07. The number of halogens is 2. The molecule has 0 amide bonds. The summed E-state index contributed by atoms with van der Waals surface area (Å²) in [7, 11) is 0. The van der Waals surface area contributed by atoms with E-state index in [1.54, 1.807) is 0 Å². The van der Waals surface area contributed by atoms with Crippen LogP contribution in [0.25, 0.3) is 5.69 Å². The third kappa shape index (κ3) is 2.95. The molecule has 3 aromatic rings. The molecule has 112 valence electrons. The van der Waals surface area contributed by atoms with E-state index in [1.165, 1.54) is 23.1 Å². The molecule has 0 atom stereocenters. The number of nitrogens with zero attached hydrogens (tertiary/aromatic N) is 3. The molecule has 0 radical (unpaired) electrons. The number of rotatable bonds is 3. The van der Waals surface area contributed by atoms with Gasteiger partial charge in [-0.05, 0) is 43.2 Å². The Kier molecular flexibility index (Phi) is 3.58. The van der Waals surface area contributed by atoms with Gasteiger partial charge in [-0.2, -0.15) is 4.98 Å². The minimum absolute atomic E-state index is 0.277. The van der Waals surface area contributed by atoms with Crippen LogP contribution in [0.2, 0.25) is 0 Å². The first-order valence-electron chi connectivity index (χ1n) is 6.74. The third-order valence-corrected chi connectivity index (χ3v) is 3.24. The first-order chi connectivity index (χ1) is 10.5. The SMILES string of the molecule is Cc1ccc(C)c(Nc2ncn(-c3cc(F)cc(F)c3)n2)c1. The van der Waals surface area contributed by atoms with Gasteiger partial charge in [0.25, 0.3) is 0 Å². The first-order valence-corrected chi connectivity index (χ1v) is 6.74. The summed E-state index contributed by atoms with van der Waals surface area (Å²) in [5.41, 5.74) is 3.33. The van der Waals surface area contributed by atoms with Crippen LogP contribution >= 0.6 is 0 Å². The number of aromatic nitrogens is 3. The molecule has 3 rings (SSSR count). The van der Waals surface area contributed by atoms with Crippen molar-refractivity contribution in [2.45, 2.75) is 13.8 Å². The van der Waals surface area contributed by atoms with Gasteiger partial charge >= 0.3 is 0 Å². The summed E-state index contributed by atoms with van der Waals surface area (Å²) in [5.74, 6) is -0.956. The standard InChI is InChI=1S/C16H14F2N4/c1-10-3-4-11(2)15(5-10)20-16-19-9-22(21-16)14-7-12(17)6-13(18)8-14/h3-9H,1-2H3,(H,20,21). The lowest BCUT2D eigenvalue weighted by Crippen LogP contribution is -1.99. The number of hydrogen-bond acceptors (Lipinski definition) is 3. The van der Waals surface area contributed by atoms with Crippen LogP contribution in [-0.2, 0) is 0 Å². The van der Waals surface area contributed by atoms with E-state index in [-0.39, 0.29) is 5.69 Å². The highest BCUT2D eigenvalue weighted by atomic mass is 19.1. The molecule has 2 aromatic carbocycles. The second-order valence-corrected chi connectivity index (χ2v) is 5.08. The van der Waals surface area contributed by atoms with Crippen LogP contribution in [0.3, 0.4) is 0 Å². The van der Waals surface area contributed by atoms with Gasteiger partial charge in [0.1, 0.15) is 18.0 Å². The molecule has 0 aliphatic rings. The van der Waals surface area contributed by atoms with Crippen molar-refractivity contribution < 1.29 is 8.78 Å². The molecule has 0 aliphatic heterocycles. The Morgan fingerprint density at radius 3 is 2.45 bits per heavy atom. The summed E-state index contributed by atoms with van der Waals surface area (Å²) in [6, 6.07) is 9.20. The van der Waals surface area contributed by atoms with Gasteiger partial charge in [0.15, 0.2) is 0 Å². The molecule has 0 unspecified atom stereocenters. The van der Waals surface area contributed by atoms with Crippen LogP contribution in [-0.4, -0.2) is 14.8 Å². The van der Waals surface area contributed by atoms with Gasteiger partial charge in [-0.15, -0.1) is 5.10 Å². The van der Waals surface area contributed by atoms with Crippen molar-refractivity contribution in [2.75, 3.05) is 5.32 Å². The van der Waals surface area contributed by atoms with Crippen LogP contribution < -0.4 is 5.32 Å². The minimum atomic E-state index is -0.658. The zero-order valence-electron chi connectivity index (χ0n) is 12.1. The van der Waals surface area contributed by atoms with Crippen LogP contribution in [0.4, 0.5) is 20.4 Å². The quantitative estimate of drug-likeness (QED) is 0.797. The van der Waals surface area contributed by atoms with Gasteiger partial charge in [-0.3, -0.25) is 0 Å². The van der Waals surface area contributed by atoms with E-state index in [2.05, 4.69) is 15.4 Å².